The Balaban J connectivity index is 1.65. The maximum atomic E-state index is 5.74. The van der Waals surface area contributed by atoms with Crippen molar-refractivity contribution >= 4 is 11.8 Å². The van der Waals surface area contributed by atoms with E-state index in [9.17, 15) is 0 Å². The van der Waals surface area contributed by atoms with E-state index in [1.165, 1.54) is 103 Å². The van der Waals surface area contributed by atoms with E-state index in [-0.39, 0.29) is 0 Å². The van der Waals surface area contributed by atoms with Gasteiger partial charge in [-0.1, -0.05) is 121 Å². The molecular formula is C27H51N2OS+. The van der Waals surface area contributed by atoms with Crippen molar-refractivity contribution in [3.8, 4) is 0 Å². The third-order valence-electron chi connectivity index (χ3n) is 5.79. The summed E-state index contributed by atoms with van der Waals surface area (Å²) in [6.45, 7) is 5.00. The molecular weight excluding hydrogens is 400 g/mol. The van der Waals surface area contributed by atoms with Gasteiger partial charge < -0.3 is 10.1 Å². The number of hydrogen-bond donors (Lipinski definition) is 1. The summed E-state index contributed by atoms with van der Waals surface area (Å²) in [6, 6.07) is 6.19. The number of nitrogens with one attached hydrogen (secondary N) is 1. The monoisotopic (exact) mass is 451 g/mol. The number of rotatable bonds is 24. The molecule has 1 aromatic rings. The molecule has 3 nitrogen and oxygen atoms in total. The fourth-order valence-corrected chi connectivity index (χ4v) is 4.58. The first kappa shape index (κ1) is 28.5. The summed E-state index contributed by atoms with van der Waals surface area (Å²) in [5.74, 6) is 1.97. The van der Waals surface area contributed by atoms with Gasteiger partial charge in [-0.05, 0) is 6.42 Å². The Kier molecular flexibility index (Phi) is 22.1. The summed E-state index contributed by atoms with van der Waals surface area (Å²) in [5, 5.41) is 3.44. The Morgan fingerprint density at radius 1 is 0.645 bits per heavy atom. The van der Waals surface area contributed by atoms with Crippen molar-refractivity contribution in [3.05, 3.63) is 30.6 Å². The van der Waals surface area contributed by atoms with Gasteiger partial charge in [0, 0.05) is 31.2 Å². The summed E-state index contributed by atoms with van der Waals surface area (Å²) < 4.78 is 7.94. The van der Waals surface area contributed by atoms with Crippen molar-refractivity contribution in [2.24, 2.45) is 0 Å². The Morgan fingerprint density at radius 3 is 1.71 bits per heavy atom. The lowest BCUT2D eigenvalue weighted by molar-refractivity contribution is -0.675. The van der Waals surface area contributed by atoms with E-state index in [2.05, 4.69) is 47.4 Å². The molecule has 0 saturated heterocycles. The van der Waals surface area contributed by atoms with Gasteiger partial charge >= 0.3 is 0 Å². The van der Waals surface area contributed by atoms with Gasteiger partial charge in [0.1, 0.15) is 0 Å². The number of ether oxygens (including phenoxy) is 1. The fourth-order valence-electron chi connectivity index (χ4n) is 3.81. The highest BCUT2D eigenvalue weighted by Crippen LogP contribution is 2.13. The smallest absolute Gasteiger partial charge is 0.195 e. The highest BCUT2D eigenvalue weighted by molar-refractivity contribution is 7.98. The summed E-state index contributed by atoms with van der Waals surface area (Å²) in [7, 11) is 0. The zero-order valence-electron chi connectivity index (χ0n) is 20.5. The summed E-state index contributed by atoms with van der Waals surface area (Å²) in [5.41, 5.74) is 0. The SMILES string of the molecule is CCCCCCCCCCCCCCCCCCOCCNCSC[n+]1ccccc1. The van der Waals surface area contributed by atoms with E-state index in [0.717, 1.165) is 31.5 Å². The van der Waals surface area contributed by atoms with E-state index in [4.69, 9.17) is 4.74 Å². The minimum absolute atomic E-state index is 0.831. The van der Waals surface area contributed by atoms with Crippen molar-refractivity contribution in [2.45, 2.75) is 116 Å². The number of nitrogens with zero attached hydrogens (tertiary/aromatic N) is 1. The van der Waals surface area contributed by atoms with Crippen LogP contribution in [-0.2, 0) is 10.6 Å². The molecule has 0 spiro atoms. The Hall–Kier alpha value is -0.580. The normalized spacial score (nSPS) is 11.3. The first-order valence-corrected chi connectivity index (χ1v) is 14.4. The van der Waals surface area contributed by atoms with Crippen LogP contribution in [0.5, 0.6) is 0 Å². The predicted molar refractivity (Wildman–Crippen MR) is 137 cm³/mol. The van der Waals surface area contributed by atoms with Crippen LogP contribution >= 0.6 is 11.8 Å². The molecule has 0 radical (unpaired) electrons. The molecule has 0 saturated carbocycles. The first-order chi connectivity index (χ1) is 15.4. The van der Waals surface area contributed by atoms with Gasteiger partial charge in [0.15, 0.2) is 18.3 Å². The van der Waals surface area contributed by atoms with Gasteiger partial charge in [-0.3, -0.25) is 0 Å². The Morgan fingerprint density at radius 2 is 1.16 bits per heavy atom. The third kappa shape index (κ3) is 21.0. The molecule has 1 heterocycles. The third-order valence-corrected chi connectivity index (χ3v) is 6.68. The molecule has 1 N–H and O–H groups in total. The summed E-state index contributed by atoms with van der Waals surface area (Å²) in [6.07, 6.45) is 26.9. The van der Waals surface area contributed by atoms with Crippen molar-refractivity contribution in [1.29, 1.82) is 0 Å². The minimum Gasteiger partial charge on any atom is -0.380 e. The average Bonchev–Trinajstić information content (AvgIpc) is 2.80. The Labute approximate surface area is 198 Å². The van der Waals surface area contributed by atoms with Crippen molar-refractivity contribution in [3.63, 3.8) is 0 Å². The van der Waals surface area contributed by atoms with E-state index >= 15 is 0 Å². The molecule has 0 fully saturated rings. The number of thioether (sulfide) groups is 1. The second kappa shape index (κ2) is 24.1. The lowest BCUT2D eigenvalue weighted by atomic mass is 10.0. The van der Waals surface area contributed by atoms with Crippen LogP contribution < -0.4 is 9.88 Å². The quantitative estimate of drug-likeness (QED) is 0.100. The van der Waals surface area contributed by atoms with Gasteiger partial charge in [-0.2, -0.15) is 4.57 Å². The predicted octanol–water partition coefficient (Wildman–Crippen LogP) is 7.49. The number of hydrogen-bond acceptors (Lipinski definition) is 3. The van der Waals surface area contributed by atoms with Gasteiger partial charge in [-0.15, -0.1) is 0 Å². The van der Waals surface area contributed by atoms with Crippen LogP contribution in [0.3, 0.4) is 0 Å². The Bertz CT molecular complexity index is 458. The van der Waals surface area contributed by atoms with Crippen LogP contribution in [0.25, 0.3) is 0 Å². The topological polar surface area (TPSA) is 25.1 Å². The van der Waals surface area contributed by atoms with Crippen molar-refractivity contribution < 1.29 is 9.30 Å². The van der Waals surface area contributed by atoms with E-state index in [1.54, 1.807) is 0 Å². The van der Waals surface area contributed by atoms with E-state index in [1.807, 2.05) is 11.8 Å². The van der Waals surface area contributed by atoms with E-state index < -0.39 is 0 Å². The van der Waals surface area contributed by atoms with Crippen molar-refractivity contribution in [1.82, 2.24) is 5.32 Å². The largest absolute Gasteiger partial charge is 0.380 e. The maximum Gasteiger partial charge on any atom is 0.195 e. The van der Waals surface area contributed by atoms with Crippen LogP contribution in [0.15, 0.2) is 30.6 Å². The highest BCUT2D eigenvalue weighted by Gasteiger charge is 1.98. The van der Waals surface area contributed by atoms with Crippen LogP contribution in [0.2, 0.25) is 0 Å². The molecule has 0 aliphatic rings. The lowest BCUT2D eigenvalue weighted by Crippen LogP contribution is -2.31. The fraction of sp³-hybridized carbons (Fsp3) is 0.815. The minimum atomic E-state index is 0.831. The summed E-state index contributed by atoms with van der Waals surface area (Å²) in [4.78, 5) is 0. The zero-order valence-corrected chi connectivity index (χ0v) is 21.3. The standard InChI is InChI=1S/C27H51N2OS/c1-2-3-4-5-6-7-8-9-10-11-12-13-14-15-16-20-24-30-25-21-28-26-31-27-29-22-18-17-19-23-29/h17-19,22-23,28H,2-16,20-21,24-27H2,1H3/q+1. The molecule has 180 valence electrons. The number of pyridine rings is 1. The molecule has 0 aromatic carbocycles. The number of aromatic nitrogens is 1. The molecule has 1 aromatic heterocycles. The molecule has 0 aliphatic heterocycles. The molecule has 0 unspecified atom stereocenters. The molecule has 1 rings (SSSR count). The van der Waals surface area contributed by atoms with Crippen LogP contribution in [0.1, 0.15) is 110 Å². The molecule has 31 heavy (non-hydrogen) atoms. The van der Waals surface area contributed by atoms with Crippen LogP contribution in [0, 0.1) is 0 Å². The average molecular weight is 452 g/mol. The van der Waals surface area contributed by atoms with Gasteiger partial charge in [0.25, 0.3) is 0 Å². The first-order valence-electron chi connectivity index (χ1n) is 13.2. The molecule has 0 bridgehead atoms. The second-order valence-corrected chi connectivity index (χ2v) is 9.74. The highest BCUT2D eigenvalue weighted by atomic mass is 32.2. The lowest BCUT2D eigenvalue weighted by Gasteiger charge is -2.06. The number of unbranched alkanes of at least 4 members (excludes halogenated alkanes) is 15. The summed E-state index contributed by atoms with van der Waals surface area (Å²) >= 11 is 1.89. The van der Waals surface area contributed by atoms with Crippen LogP contribution in [0.4, 0.5) is 0 Å². The van der Waals surface area contributed by atoms with Gasteiger partial charge in [0.2, 0.25) is 0 Å². The van der Waals surface area contributed by atoms with E-state index in [0.29, 0.717) is 0 Å². The zero-order chi connectivity index (χ0) is 22.1. The molecule has 4 heteroatoms. The van der Waals surface area contributed by atoms with Gasteiger partial charge in [0.05, 0.1) is 6.61 Å². The molecule has 0 amide bonds. The van der Waals surface area contributed by atoms with Gasteiger partial charge in [-0.25, -0.2) is 0 Å². The maximum absolute atomic E-state index is 5.74. The second-order valence-electron chi connectivity index (χ2n) is 8.78. The molecule has 0 aliphatic carbocycles. The molecule has 0 atom stereocenters. The van der Waals surface area contributed by atoms with Crippen LogP contribution in [-0.4, -0.2) is 25.6 Å². The van der Waals surface area contributed by atoms with Crippen molar-refractivity contribution in [2.75, 3.05) is 25.6 Å².